The fraction of sp³-hybridized carbons (Fsp3) is 0.385. The molecule has 1 saturated heterocycles. The molecule has 1 aromatic carbocycles. The summed E-state index contributed by atoms with van der Waals surface area (Å²) in [5, 5.41) is 14.7. The lowest BCUT2D eigenvalue weighted by Gasteiger charge is -2.25. The summed E-state index contributed by atoms with van der Waals surface area (Å²) in [7, 11) is 0. The van der Waals surface area contributed by atoms with Crippen LogP contribution in [0.15, 0.2) is 28.8 Å². The van der Waals surface area contributed by atoms with Crippen molar-refractivity contribution in [1.82, 2.24) is 10.1 Å². The predicted molar refractivity (Wildman–Crippen MR) is 72.5 cm³/mol. The predicted octanol–water partition coefficient (Wildman–Crippen LogP) is 1.48. The van der Waals surface area contributed by atoms with Crippen molar-refractivity contribution in [3.63, 3.8) is 0 Å². The fourth-order valence-corrected chi connectivity index (χ4v) is 2.27. The Morgan fingerprint density at radius 1 is 1.43 bits per heavy atom. The van der Waals surface area contributed by atoms with Crippen LogP contribution < -0.4 is 5.73 Å². The van der Waals surface area contributed by atoms with Gasteiger partial charge in [-0.3, -0.25) is 10.1 Å². The highest BCUT2D eigenvalue weighted by Crippen LogP contribution is 2.27. The van der Waals surface area contributed by atoms with E-state index in [-0.39, 0.29) is 17.6 Å². The van der Waals surface area contributed by atoms with Crippen molar-refractivity contribution in [3.8, 4) is 11.4 Å². The zero-order valence-corrected chi connectivity index (χ0v) is 11.1. The minimum absolute atomic E-state index is 0.0171. The molecule has 0 spiro atoms. The van der Waals surface area contributed by atoms with Crippen LogP contribution in [0, 0.1) is 10.1 Å². The lowest BCUT2D eigenvalue weighted by Crippen LogP contribution is -2.37. The number of nitro groups is 1. The van der Waals surface area contributed by atoms with Gasteiger partial charge in [-0.05, 0) is 6.42 Å². The van der Waals surface area contributed by atoms with Crippen LogP contribution in [0.3, 0.4) is 0 Å². The summed E-state index contributed by atoms with van der Waals surface area (Å²) in [6, 6.07) is 6.01. The quantitative estimate of drug-likeness (QED) is 0.671. The van der Waals surface area contributed by atoms with E-state index >= 15 is 0 Å². The van der Waals surface area contributed by atoms with Crippen LogP contribution in [0.5, 0.6) is 0 Å². The summed E-state index contributed by atoms with van der Waals surface area (Å²) in [5.41, 5.74) is 6.54. The summed E-state index contributed by atoms with van der Waals surface area (Å²) in [5.74, 6) is 0.578. The molecule has 2 heterocycles. The second-order valence-corrected chi connectivity index (χ2v) is 4.90. The van der Waals surface area contributed by atoms with E-state index in [4.69, 9.17) is 15.0 Å². The second kappa shape index (κ2) is 5.58. The molecule has 1 aliphatic rings. The maximum Gasteiger partial charge on any atom is 0.270 e. The molecule has 0 radical (unpaired) electrons. The van der Waals surface area contributed by atoms with Crippen molar-refractivity contribution in [2.45, 2.75) is 18.4 Å². The molecule has 21 heavy (non-hydrogen) atoms. The Hall–Kier alpha value is -2.32. The Labute approximate surface area is 120 Å². The average molecular weight is 290 g/mol. The first-order chi connectivity index (χ1) is 10.1. The first-order valence-corrected chi connectivity index (χ1v) is 6.57. The summed E-state index contributed by atoms with van der Waals surface area (Å²) in [6.07, 6.45) is 0.735. The molecule has 0 amide bonds. The molecule has 0 saturated carbocycles. The van der Waals surface area contributed by atoms with E-state index in [1.54, 1.807) is 12.1 Å². The van der Waals surface area contributed by atoms with Crippen molar-refractivity contribution >= 4 is 5.69 Å². The lowest BCUT2D eigenvalue weighted by molar-refractivity contribution is -0.384. The molecule has 3 rings (SSSR count). The Balaban J connectivity index is 1.87. The monoisotopic (exact) mass is 290 g/mol. The highest BCUT2D eigenvalue weighted by atomic mass is 16.6. The molecule has 0 bridgehead atoms. The molecular formula is C13H14N4O4. The van der Waals surface area contributed by atoms with Crippen LogP contribution in [0.4, 0.5) is 5.69 Å². The van der Waals surface area contributed by atoms with Gasteiger partial charge in [-0.1, -0.05) is 17.3 Å². The Kier molecular flexibility index (Phi) is 3.63. The molecule has 2 N–H and O–H groups in total. The van der Waals surface area contributed by atoms with Crippen molar-refractivity contribution in [1.29, 1.82) is 0 Å². The Bertz CT molecular complexity index is 657. The third-order valence-corrected chi connectivity index (χ3v) is 3.48. The Morgan fingerprint density at radius 3 is 3.05 bits per heavy atom. The SMILES string of the molecule is NC1CCOCC1c1nc(-c2cccc([N+](=O)[O-])c2)no1. The van der Waals surface area contributed by atoms with Crippen LogP contribution in [0.1, 0.15) is 18.2 Å². The number of non-ortho nitro benzene ring substituents is 1. The second-order valence-electron chi connectivity index (χ2n) is 4.90. The Morgan fingerprint density at radius 2 is 2.29 bits per heavy atom. The van der Waals surface area contributed by atoms with Crippen molar-refractivity contribution in [2.75, 3.05) is 13.2 Å². The van der Waals surface area contributed by atoms with Crippen molar-refractivity contribution in [3.05, 3.63) is 40.3 Å². The number of benzene rings is 1. The maximum atomic E-state index is 10.8. The molecule has 8 nitrogen and oxygen atoms in total. The van der Waals surface area contributed by atoms with E-state index in [0.717, 1.165) is 6.42 Å². The number of hydrogen-bond acceptors (Lipinski definition) is 7. The average Bonchev–Trinajstić information content (AvgIpc) is 2.97. The van der Waals surface area contributed by atoms with Gasteiger partial charge in [0.25, 0.3) is 5.69 Å². The highest BCUT2D eigenvalue weighted by molar-refractivity contribution is 5.58. The third kappa shape index (κ3) is 2.76. The van der Waals surface area contributed by atoms with E-state index in [9.17, 15) is 10.1 Å². The van der Waals surface area contributed by atoms with Crippen molar-refractivity contribution in [2.24, 2.45) is 5.73 Å². The minimum atomic E-state index is -0.463. The molecule has 2 aromatic rings. The number of nitro benzene ring substituents is 1. The van der Waals surface area contributed by atoms with Gasteiger partial charge in [0.05, 0.1) is 17.4 Å². The summed E-state index contributed by atoms with van der Waals surface area (Å²) in [6.45, 7) is 1.07. The molecule has 2 unspecified atom stereocenters. The highest BCUT2D eigenvalue weighted by Gasteiger charge is 2.29. The molecule has 1 fully saturated rings. The number of rotatable bonds is 3. The maximum absolute atomic E-state index is 10.8. The fourth-order valence-electron chi connectivity index (χ4n) is 2.27. The van der Waals surface area contributed by atoms with E-state index in [1.807, 2.05) is 0 Å². The first-order valence-electron chi connectivity index (χ1n) is 6.57. The first kappa shape index (κ1) is 13.7. The summed E-state index contributed by atoms with van der Waals surface area (Å²) >= 11 is 0. The number of hydrogen-bond donors (Lipinski definition) is 1. The molecule has 2 atom stereocenters. The zero-order valence-electron chi connectivity index (χ0n) is 11.1. The molecule has 1 aliphatic heterocycles. The van der Waals surface area contributed by atoms with Gasteiger partial charge in [-0.25, -0.2) is 0 Å². The van der Waals surface area contributed by atoms with Gasteiger partial charge >= 0.3 is 0 Å². The van der Waals surface area contributed by atoms with Crippen LogP contribution >= 0.6 is 0 Å². The van der Waals surface area contributed by atoms with Crippen LogP contribution in [0.2, 0.25) is 0 Å². The van der Waals surface area contributed by atoms with E-state index < -0.39 is 4.92 Å². The van der Waals surface area contributed by atoms with E-state index in [2.05, 4.69) is 10.1 Å². The summed E-state index contributed by atoms with van der Waals surface area (Å²) < 4.78 is 10.6. The van der Waals surface area contributed by atoms with Gasteiger partial charge in [-0.15, -0.1) is 0 Å². The van der Waals surface area contributed by atoms with Gasteiger partial charge in [0.15, 0.2) is 0 Å². The van der Waals surface area contributed by atoms with Crippen LogP contribution in [-0.4, -0.2) is 34.3 Å². The molecule has 1 aromatic heterocycles. The topological polar surface area (TPSA) is 117 Å². The smallest absolute Gasteiger partial charge is 0.270 e. The van der Waals surface area contributed by atoms with E-state index in [0.29, 0.717) is 30.5 Å². The van der Waals surface area contributed by atoms with E-state index in [1.165, 1.54) is 12.1 Å². The third-order valence-electron chi connectivity index (χ3n) is 3.48. The molecule has 110 valence electrons. The van der Waals surface area contributed by atoms with Crippen LogP contribution in [-0.2, 0) is 4.74 Å². The zero-order chi connectivity index (χ0) is 14.8. The number of aromatic nitrogens is 2. The summed E-state index contributed by atoms with van der Waals surface area (Å²) in [4.78, 5) is 14.6. The minimum Gasteiger partial charge on any atom is -0.381 e. The molecular weight excluding hydrogens is 276 g/mol. The van der Waals surface area contributed by atoms with Gasteiger partial charge < -0.3 is 15.0 Å². The number of nitrogens with two attached hydrogens (primary N) is 1. The molecule has 0 aliphatic carbocycles. The van der Waals surface area contributed by atoms with Gasteiger partial charge in [0.2, 0.25) is 11.7 Å². The normalized spacial score (nSPS) is 22.1. The molecule has 8 heteroatoms. The van der Waals surface area contributed by atoms with Gasteiger partial charge in [0.1, 0.15) is 0 Å². The van der Waals surface area contributed by atoms with Gasteiger partial charge in [-0.2, -0.15) is 4.98 Å². The lowest BCUT2D eigenvalue weighted by atomic mass is 9.97. The largest absolute Gasteiger partial charge is 0.381 e. The van der Waals surface area contributed by atoms with Gasteiger partial charge in [0, 0.05) is 30.3 Å². The van der Waals surface area contributed by atoms with Crippen LogP contribution in [0.25, 0.3) is 11.4 Å². The number of nitrogens with zero attached hydrogens (tertiary/aromatic N) is 3. The number of ether oxygens (including phenoxy) is 1. The van der Waals surface area contributed by atoms with Crippen molar-refractivity contribution < 1.29 is 14.2 Å². The standard InChI is InChI=1S/C13H14N4O4/c14-11-4-5-20-7-10(11)13-15-12(16-21-13)8-2-1-3-9(6-8)17(18)19/h1-3,6,10-11H,4-5,7,14H2.